The summed E-state index contributed by atoms with van der Waals surface area (Å²) in [5, 5.41) is 0. The van der Waals surface area contributed by atoms with Gasteiger partial charge in [-0.3, -0.25) is 4.55 Å². The molecule has 0 saturated carbocycles. The highest BCUT2D eigenvalue weighted by molar-refractivity contribution is 7.85. The fourth-order valence-corrected chi connectivity index (χ4v) is 3.49. The summed E-state index contributed by atoms with van der Waals surface area (Å²) in [5.41, 5.74) is 1.86. The Kier molecular flexibility index (Phi) is 6.33. The lowest BCUT2D eigenvalue weighted by Gasteiger charge is -2.26. The molecule has 0 bridgehead atoms. The lowest BCUT2D eigenvalue weighted by Crippen LogP contribution is -2.19. The normalized spacial score (nSPS) is 11.6. The number of ether oxygens (including phenoxy) is 3. The largest absolute Gasteiger partial charge is 0.519 e. The van der Waals surface area contributed by atoms with E-state index in [0.717, 1.165) is 29.0 Å². The minimum Gasteiger partial charge on any atom is -0.497 e. The van der Waals surface area contributed by atoms with Crippen LogP contribution in [0.4, 0.5) is 4.79 Å². The number of benzene rings is 3. The third-order valence-electron chi connectivity index (χ3n) is 4.91. The Morgan fingerprint density at radius 3 is 1.52 bits per heavy atom. The van der Waals surface area contributed by atoms with Crippen molar-refractivity contribution in [3.05, 3.63) is 83.9 Å². The SMILES string of the molecule is COc1ccc(C(C)(C)c2ccc(OC(=O)Oc3ccc(S(=O)(=O)O)cc3)cc2)cc1. The van der Waals surface area contributed by atoms with Gasteiger partial charge in [0.15, 0.2) is 0 Å². The molecule has 0 aliphatic carbocycles. The molecule has 0 unspecified atom stereocenters. The molecular formula is C23H22O7S. The molecule has 0 aliphatic heterocycles. The van der Waals surface area contributed by atoms with E-state index < -0.39 is 16.3 Å². The second-order valence-electron chi connectivity index (χ2n) is 7.28. The Labute approximate surface area is 181 Å². The minimum atomic E-state index is -4.31. The van der Waals surface area contributed by atoms with Gasteiger partial charge in [0.25, 0.3) is 10.1 Å². The molecular weight excluding hydrogens is 420 g/mol. The summed E-state index contributed by atoms with van der Waals surface area (Å²) in [5.74, 6) is 1.16. The van der Waals surface area contributed by atoms with Crippen molar-refractivity contribution in [2.45, 2.75) is 24.2 Å². The van der Waals surface area contributed by atoms with Crippen molar-refractivity contribution < 1.29 is 32.0 Å². The predicted octanol–water partition coefficient (Wildman–Crippen LogP) is 4.85. The Bertz CT molecular complexity index is 1150. The predicted molar refractivity (Wildman–Crippen MR) is 114 cm³/mol. The number of methoxy groups -OCH3 is 1. The molecule has 0 radical (unpaired) electrons. The summed E-state index contributed by atoms with van der Waals surface area (Å²) in [6, 6.07) is 19.6. The van der Waals surface area contributed by atoms with E-state index in [2.05, 4.69) is 13.8 Å². The van der Waals surface area contributed by atoms with Gasteiger partial charge in [0.2, 0.25) is 0 Å². The number of hydrogen-bond donors (Lipinski definition) is 1. The molecule has 162 valence electrons. The number of hydrogen-bond acceptors (Lipinski definition) is 6. The van der Waals surface area contributed by atoms with Gasteiger partial charge in [0.05, 0.1) is 12.0 Å². The smallest absolute Gasteiger partial charge is 0.497 e. The fourth-order valence-electron chi connectivity index (χ4n) is 3.01. The van der Waals surface area contributed by atoms with Gasteiger partial charge in [-0.2, -0.15) is 8.42 Å². The van der Waals surface area contributed by atoms with Crippen LogP contribution in [0.15, 0.2) is 77.7 Å². The van der Waals surface area contributed by atoms with Crippen LogP contribution in [0.3, 0.4) is 0 Å². The minimum absolute atomic E-state index is 0.0784. The van der Waals surface area contributed by atoms with Crippen LogP contribution in [0.1, 0.15) is 25.0 Å². The maximum absolute atomic E-state index is 12.0. The van der Waals surface area contributed by atoms with E-state index in [1.54, 1.807) is 19.2 Å². The number of carbonyl (C=O) groups excluding carboxylic acids is 1. The molecule has 0 atom stereocenters. The average molecular weight is 442 g/mol. The van der Waals surface area contributed by atoms with E-state index in [9.17, 15) is 13.2 Å². The Morgan fingerprint density at radius 2 is 1.13 bits per heavy atom. The van der Waals surface area contributed by atoms with Crippen LogP contribution in [-0.2, 0) is 15.5 Å². The molecule has 0 aromatic heterocycles. The monoisotopic (exact) mass is 442 g/mol. The van der Waals surface area contributed by atoms with Crippen LogP contribution < -0.4 is 14.2 Å². The molecule has 0 saturated heterocycles. The fraction of sp³-hybridized carbons (Fsp3) is 0.174. The van der Waals surface area contributed by atoms with E-state index in [0.29, 0.717) is 5.75 Å². The van der Waals surface area contributed by atoms with Crippen molar-refractivity contribution >= 4 is 16.3 Å². The molecule has 3 rings (SSSR count). The molecule has 0 aliphatic rings. The highest BCUT2D eigenvalue weighted by Crippen LogP contribution is 2.33. The van der Waals surface area contributed by atoms with Crippen LogP contribution in [0.25, 0.3) is 0 Å². The van der Waals surface area contributed by atoms with Gasteiger partial charge < -0.3 is 14.2 Å². The zero-order valence-electron chi connectivity index (χ0n) is 17.2. The zero-order valence-corrected chi connectivity index (χ0v) is 18.0. The lowest BCUT2D eigenvalue weighted by atomic mass is 9.78. The highest BCUT2D eigenvalue weighted by atomic mass is 32.2. The molecule has 8 heteroatoms. The first-order chi connectivity index (χ1) is 14.6. The van der Waals surface area contributed by atoms with Crippen LogP contribution >= 0.6 is 0 Å². The molecule has 3 aromatic rings. The van der Waals surface area contributed by atoms with Gasteiger partial charge >= 0.3 is 6.16 Å². The van der Waals surface area contributed by atoms with E-state index in [4.69, 9.17) is 18.8 Å². The van der Waals surface area contributed by atoms with Crippen molar-refractivity contribution in [2.24, 2.45) is 0 Å². The van der Waals surface area contributed by atoms with Crippen LogP contribution in [-0.4, -0.2) is 26.2 Å². The quantitative estimate of drug-likeness (QED) is 0.331. The third-order valence-corrected chi connectivity index (χ3v) is 5.78. The second kappa shape index (κ2) is 8.79. The Hall–Kier alpha value is -3.36. The van der Waals surface area contributed by atoms with Crippen LogP contribution in [0, 0.1) is 0 Å². The molecule has 0 heterocycles. The summed E-state index contributed by atoms with van der Waals surface area (Å²) in [4.78, 5) is 11.7. The Morgan fingerprint density at radius 1 is 0.742 bits per heavy atom. The molecule has 0 spiro atoms. The average Bonchev–Trinajstić information content (AvgIpc) is 2.74. The standard InChI is InChI=1S/C23H22O7S/c1-23(2,16-4-8-18(28-3)9-5-16)17-6-10-19(11-7-17)29-22(24)30-20-12-14-21(15-13-20)31(25,26)27/h4-15H,1-3H3,(H,25,26,27). The van der Waals surface area contributed by atoms with Crippen molar-refractivity contribution in [1.82, 2.24) is 0 Å². The summed E-state index contributed by atoms with van der Waals surface area (Å²) in [6.45, 7) is 4.18. The zero-order chi connectivity index (χ0) is 22.6. The topological polar surface area (TPSA) is 99.1 Å². The summed E-state index contributed by atoms with van der Waals surface area (Å²) in [6.07, 6.45) is -0.971. The lowest BCUT2D eigenvalue weighted by molar-refractivity contribution is 0.152. The number of carbonyl (C=O) groups is 1. The van der Waals surface area contributed by atoms with Gasteiger partial charge in [-0.1, -0.05) is 38.1 Å². The van der Waals surface area contributed by atoms with E-state index >= 15 is 0 Å². The van der Waals surface area contributed by atoms with Crippen molar-refractivity contribution in [1.29, 1.82) is 0 Å². The number of rotatable bonds is 6. The van der Waals surface area contributed by atoms with Crippen molar-refractivity contribution in [3.8, 4) is 17.2 Å². The van der Waals surface area contributed by atoms with Crippen molar-refractivity contribution in [2.75, 3.05) is 7.11 Å². The maximum Gasteiger partial charge on any atom is 0.519 e. The maximum atomic E-state index is 12.0. The molecule has 31 heavy (non-hydrogen) atoms. The van der Waals surface area contributed by atoms with E-state index in [1.165, 1.54) is 12.1 Å². The van der Waals surface area contributed by atoms with E-state index in [-0.39, 0.29) is 16.1 Å². The van der Waals surface area contributed by atoms with Gasteiger partial charge in [-0.05, 0) is 59.7 Å². The van der Waals surface area contributed by atoms with Gasteiger partial charge in [-0.25, -0.2) is 4.79 Å². The Balaban J connectivity index is 1.66. The summed E-state index contributed by atoms with van der Waals surface area (Å²) in [7, 11) is -2.69. The molecule has 3 aromatic carbocycles. The molecule has 1 N–H and O–H groups in total. The third kappa shape index (κ3) is 5.42. The first-order valence-corrected chi connectivity index (χ1v) is 10.8. The highest BCUT2D eigenvalue weighted by Gasteiger charge is 2.23. The summed E-state index contributed by atoms with van der Waals surface area (Å²) >= 11 is 0. The van der Waals surface area contributed by atoms with Crippen LogP contribution in [0.2, 0.25) is 0 Å². The molecule has 0 amide bonds. The van der Waals surface area contributed by atoms with Gasteiger partial charge in [-0.15, -0.1) is 0 Å². The van der Waals surface area contributed by atoms with Crippen LogP contribution in [0.5, 0.6) is 17.2 Å². The summed E-state index contributed by atoms with van der Waals surface area (Å²) < 4.78 is 46.5. The van der Waals surface area contributed by atoms with Gasteiger partial charge in [0.1, 0.15) is 17.2 Å². The first-order valence-electron chi connectivity index (χ1n) is 9.32. The molecule has 7 nitrogen and oxygen atoms in total. The second-order valence-corrected chi connectivity index (χ2v) is 8.70. The van der Waals surface area contributed by atoms with Gasteiger partial charge in [0, 0.05) is 5.41 Å². The first kappa shape index (κ1) is 22.3. The van der Waals surface area contributed by atoms with Crippen molar-refractivity contribution in [3.63, 3.8) is 0 Å². The molecule has 0 fully saturated rings. The van der Waals surface area contributed by atoms with E-state index in [1.807, 2.05) is 36.4 Å².